The first kappa shape index (κ1) is 12.1. The van der Waals surface area contributed by atoms with E-state index in [1.807, 2.05) is 19.2 Å². The largest absolute Gasteiger partial charge is 0.348 e. The van der Waals surface area contributed by atoms with Gasteiger partial charge in [-0.15, -0.1) is 5.10 Å². The molecule has 0 aliphatic carbocycles. The zero-order valence-corrected chi connectivity index (χ0v) is 11.1. The van der Waals surface area contributed by atoms with Crippen molar-refractivity contribution in [3.05, 3.63) is 23.8 Å². The van der Waals surface area contributed by atoms with Crippen LogP contribution in [-0.4, -0.2) is 52.0 Å². The lowest BCUT2D eigenvalue weighted by atomic mass is 10.1. The maximum atomic E-state index is 12.2. The highest BCUT2D eigenvalue weighted by molar-refractivity contribution is 5.97. The van der Waals surface area contributed by atoms with Gasteiger partial charge in [0, 0.05) is 25.2 Å². The van der Waals surface area contributed by atoms with Crippen LogP contribution < -0.4 is 5.32 Å². The van der Waals surface area contributed by atoms with Crippen LogP contribution >= 0.6 is 0 Å². The molecule has 1 aliphatic rings. The summed E-state index contributed by atoms with van der Waals surface area (Å²) in [6.45, 7) is 1.95. The van der Waals surface area contributed by atoms with Crippen LogP contribution in [0.1, 0.15) is 16.8 Å². The number of rotatable bonds is 2. The summed E-state index contributed by atoms with van der Waals surface area (Å²) >= 11 is 0. The quantitative estimate of drug-likeness (QED) is 0.848. The Hall–Kier alpha value is -1.95. The first-order chi connectivity index (χ1) is 9.13. The Morgan fingerprint density at radius 2 is 2.26 bits per heavy atom. The summed E-state index contributed by atoms with van der Waals surface area (Å²) < 4.78 is 1.70. The topological polar surface area (TPSA) is 63.1 Å². The number of aryl methyl sites for hydroxylation is 1. The molecule has 0 radical (unpaired) electrons. The monoisotopic (exact) mass is 259 g/mol. The normalized spacial score (nSPS) is 20.0. The maximum absolute atomic E-state index is 12.2. The molecule has 2 heterocycles. The fourth-order valence-corrected chi connectivity index (χ4v) is 2.50. The van der Waals surface area contributed by atoms with Gasteiger partial charge in [0.05, 0.1) is 5.52 Å². The van der Waals surface area contributed by atoms with Crippen LogP contribution in [0.25, 0.3) is 11.0 Å². The summed E-state index contributed by atoms with van der Waals surface area (Å²) in [7, 11) is 3.90. The summed E-state index contributed by atoms with van der Waals surface area (Å²) in [6, 6.07) is 5.73. The van der Waals surface area contributed by atoms with Gasteiger partial charge >= 0.3 is 0 Å². The van der Waals surface area contributed by atoms with Crippen molar-refractivity contribution in [2.24, 2.45) is 7.05 Å². The molecule has 1 N–H and O–H groups in total. The Kier molecular flexibility index (Phi) is 2.94. The second-order valence-corrected chi connectivity index (χ2v) is 5.14. The van der Waals surface area contributed by atoms with Crippen molar-refractivity contribution in [1.82, 2.24) is 25.2 Å². The van der Waals surface area contributed by atoms with Gasteiger partial charge in [-0.05, 0) is 38.2 Å². The van der Waals surface area contributed by atoms with Crippen LogP contribution in [0.3, 0.4) is 0 Å². The number of benzene rings is 1. The van der Waals surface area contributed by atoms with Gasteiger partial charge < -0.3 is 10.2 Å². The number of carbonyl (C=O) groups excluding carboxylic acids is 1. The van der Waals surface area contributed by atoms with Crippen LogP contribution in [0.4, 0.5) is 0 Å². The van der Waals surface area contributed by atoms with Crippen LogP contribution in [0.15, 0.2) is 18.2 Å². The molecule has 6 nitrogen and oxygen atoms in total. The minimum atomic E-state index is -0.0344. The summed E-state index contributed by atoms with van der Waals surface area (Å²) in [4.78, 5) is 14.4. The average Bonchev–Trinajstić information content (AvgIpc) is 2.96. The Balaban J connectivity index is 1.77. The Morgan fingerprint density at radius 1 is 1.42 bits per heavy atom. The lowest BCUT2D eigenvalue weighted by Crippen LogP contribution is -2.36. The minimum absolute atomic E-state index is 0.0344. The molecule has 1 aromatic heterocycles. The summed E-state index contributed by atoms with van der Waals surface area (Å²) in [5.41, 5.74) is 2.32. The fraction of sp³-hybridized carbons (Fsp3) is 0.462. The zero-order chi connectivity index (χ0) is 13.4. The first-order valence-electron chi connectivity index (χ1n) is 6.42. The molecule has 3 rings (SSSR count). The van der Waals surface area contributed by atoms with E-state index >= 15 is 0 Å². The van der Waals surface area contributed by atoms with Crippen LogP contribution in [0.5, 0.6) is 0 Å². The van der Waals surface area contributed by atoms with Crippen molar-refractivity contribution in [1.29, 1.82) is 0 Å². The molecule has 0 unspecified atom stereocenters. The molecule has 100 valence electrons. The van der Waals surface area contributed by atoms with Gasteiger partial charge in [-0.1, -0.05) is 5.21 Å². The molecular formula is C13H17N5O. The van der Waals surface area contributed by atoms with Gasteiger partial charge in [0.25, 0.3) is 5.91 Å². The highest BCUT2D eigenvalue weighted by atomic mass is 16.1. The smallest absolute Gasteiger partial charge is 0.251 e. The Bertz CT molecular complexity index is 621. The maximum Gasteiger partial charge on any atom is 0.251 e. The second-order valence-electron chi connectivity index (χ2n) is 5.14. The van der Waals surface area contributed by atoms with Gasteiger partial charge in [0.15, 0.2) is 0 Å². The lowest BCUT2D eigenvalue weighted by Gasteiger charge is -2.12. The molecule has 1 atom stereocenters. The summed E-state index contributed by atoms with van der Waals surface area (Å²) in [5.74, 6) is -0.0344. The number of hydrogen-bond donors (Lipinski definition) is 1. The zero-order valence-electron chi connectivity index (χ0n) is 11.1. The van der Waals surface area contributed by atoms with E-state index in [0.29, 0.717) is 5.56 Å². The van der Waals surface area contributed by atoms with E-state index < -0.39 is 0 Å². The van der Waals surface area contributed by atoms with Gasteiger partial charge in [0.1, 0.15) is 5.52 Å². The van der Waals surface area contributed by atoms with E-state index in [2.05, 4.69) is 27.6 Å². The molecule has 0 saturated carbocycles. The minimum Gasteiger partial charge on any atom is -0.348 e. The van der Waals surface area contributed by atoms with E-state index in [1.54, 1.807) is 10.7 Å². The predicted octanol–water partition coefficient (Wildman–Crippen LogP) is 0.402. The lowest BCUT2D eigenvalue weighted by molar-refractivity contribution is 0.0938. The second kappa shape index (κ2) is 4.62. The molecule has 1 saturated heterocycles. The van der Waals surface area contributed by atoms with Crippen LogP contribution in [0.2, 0.25) is 0 Å². The third-order valence-electron chi connectivity index (χ3n) is 3.60. The average molecular weight is 259 g/mol. The fourth-order valence-electron chi connectivity index (χ4n) is 2.50. The van der Waals surface area contributed by atoms with Crippen LogP contribution in [-0.2, 0) is 7.05 Å². The highest BCUT2D eigenvalue weighted by Crippen LogP contribution is 2.13. The van der Waals surface area contributed by atoms with E-state index in [1.165, 1.54) is 0 Å². The Labute approximate surface area is 111 Å². The molecule has 19 heavy (non-hydrogen) atoms. The number of likely N-dealkylation sites (N-methyl/N-ethyl adjacent to an activating group) is 1. The number of nitrogens with zero attached hydrogens (tertiary/aromatic N) is 4. The highest BCUT2D eigenvalue weighted by Gasteiger charge is 2.21. The van der Waals surface area contributed by atoms with Crippen molar-refractivity contribution in [3.8, 4) is 0 Å². The molecule has 0 spiro atoms. The van der Waals surface area contributed by atoms with Crippen molar-refractivity contribution in [2.45, 2.75) is 12.5 Å². The van der Waals surface area contributed by atoms with E-state index in [0.717, 1.165) is 30.5 Å². The number of amides is 1. The van der Waals surface area contributed by atoms with Crippen molar-refractivity contribution < 1.29 is 4.79 Å². The third-order valence-corrected chi connectivity index (χ3v) is 3.60. The predicted molar refractivity (Wildman–Crippen MR) is 71.9 cm³/mol. The number of hydrogen-bond acceptors (Lipinski definition) is 4. The SMILES string of the molecule is CN1CC[C@@H](NC(=O)c2ccc3c(c2)nnn3C)C1. The summed E-state index contributed by atoms with van der Waals surface area (Å²) in [5, 5.41) is 11.0. The standard InChI is InChI=1S/C13H17N5O/c1-17-6-5-10(8-17)14-13(19)9-3-4-12-11(7-9)15-16-18(12)2/h3-4,7,10H,5-6,8H2,1-2H3,(H,14,19)/t10-/m1/s1. The van der Waals surface area contributed by atoms with Gasteiger partial charge in [-0.2, -0.15) is 0 Å². The van der Waals surface area contributed by atoms with E-state index in [4.69, 9.17) is 0 Å². The number of carbonyl (C=O) groups is 1. The summed E-state index contributed by atoms with van der Waals surface area (Å²) in [6.07, 6.45) is 1.01. The molecular weight excluding hydrogens is 242 g/mol. The number of fused-ring (bicyclic) bond motifs is 1. The molecule has 1 aromatic carbocycles. The van der Waals surface area contributed by atoms with Crippen molar-refractivity contribution in [2.75, 3.05) is 20.1 Å². The van der Waals surface area contributed by atoms with Crippen molar-refractivity contribution >= 4 is 16.9 Å². The van der Waals surface area contributed by atoms with Crippen LogP contribution in [0, 0.1) is 0 Å². The molecule has 1 aliphatic heterocycles. The number of aromatic nitrogens is 3. The molecule has 6 heteroatoms. The molecule has 0 bridgehead atoms. The molecule has 1 amide bonds. The third kappa shape index (κ3) is 2.31. The van der Waals surface area contributed by atoms with E-state index in [9.17, 15) is 4.79 Å². The van der Waals surface area contributed by atoms with Gasteiger partial charge in [-0.3, -0.25) is 4.79 Å². The Morgan fingerprint density at radius 3 is 3.00 bits per heavy atom. The molecule has 2 aromatic rings. The van der Waals surface area contributed by atoms with Gasteiger partial charge in [-0.25, -0.2) is 4.68 Å². The molecule has 1 fully saturated rings. The van der Waals surface area contributed by atoms with E-state index in [-0.39, 0.29) is 11.9 Å². The van der Waals surface area contributed by atoms with Crippen molar-refractivity contribution in [3.63, 3.8) is 0 Å². The number of likely N-dealkylation sites (tertiary alicyclic amines) is 1. The number of nitrogens with one attached hydrogen (secondary N) is 1. The first-order valence-corrected chi connectivity index (χ1v) is 6.42. The van der Waals surface area contributed by atoms with Gasteiger partial charge in [0.2, 0.25) is 0 Å².